The Kier molecular flexibility index (Phi) is 3.61. The van der Waals surface area contributed by atoms with Gasteiger partial charge in [-0.1, -0.05) is 6.07 Å². The molecule has 1 aliphatic rings. The fourth-order valence-corrected chi connectivity index (χ4v) is 2.15. The number of hydrogen-bond acceptors (Lipinski definition) is 2. The van der Waals surface area contributed by atoms with E-state index in [4.69, 9.17) is 0 Å². The first-order valence-electron chi connectivity index (χ1n) is 5.93. The van der Waals surface area contributed by atoms with Crippen molar-refractivity contribution in [3.8, 4) is 0 Å². The third-order valence-corrected chi connectivity index (χ3v) is 3.14. The van der Waals surface area contributed by atoms with Crippen LogP contribution in [0.2, 0.25) is 0 Å². The Balaban J connectivity index is 1.88. The van der Waals surface area contributed by atoms with Crippen LogP contribution in [0.3, 0.4) is 0 Å². The Morgan fingerprint density at radius 1 is 1.41 bits per heavy atom. The lowest BCUT2D eigenvalue weighted by Gasteiger charge is -2.32. The lowest BCUT2D eigenvalue weighted by molar-refractivity contribution is -0.129. The topological polar surface area (TPSA) is 32.3 Å². The standard InChI is InChI=1S/C13H17FN2O/c1-10(17)16-7-5-12(6-8-16)15-13-4-2-3-11(14)9-13/h2-4,9,12,15H,5-8H2,1H3. The summed E-state index contributed by atoms with van der Waals surface area (Å²) < 4.78 is 13.0. The molecule has 0 spiro atoms. The molecular formula is C13H17FN2O. The van der Waals surface area contributed by atoms with E-state index in [0.29, 0.717) is 6.04 Å². The van der Waals surface area contributed by atoms with Gasteiger partial charge in [-0.15, -0.1) is 0 Å². The van der Waals surface area contributed by atoms with Crippen LogP contribution >= 0.6 is 0 Å². The highest BCUT2D eigenvalue weighted by molar-refractivity contribution is 5.73. The lowest BCUT2D eigenvalue weighted by Crippen LogP contribution is -2.41. The zero-order valence-electron chi connectivity index (χ0n) is 9.95. The second kappa shape index (κ2) is 5.17. The molecule has 1 N–H and O–H groups in total. The summed E-state index contributed by atoms with van der Waals surface area (Å²) in [6, 6.07) is 6.82. The molecule has 0 atom stereocenters. The zero-order valence-corrected chi connectivity index (χ0v) is 9.95. The van der Waals surface area contributed by atoms with Gasteiger partial charge in [0.15, 0.2) is 0 Å². The van der Waals surface area contributed by atoms with Gasteiger partial charge in [-0.25, -0.2) is 4.39 Å². The molecule has 1 aromatic rings. The van der Waals surface area contributed by atoms with Crippen LogP contribution in [0.1, 0.15) is 19.8 Å². The minimum Gasteiger partial charge on any atom is -0.382 e. The maximum absolute atomic E-state index is 13.0. The van der Waals surface area contributed by atoms with Gasteiger partial charge < -0.3 is 10.2 Å². The van der Waals surface area contributed by atoms with Crippen LogP contribution in [-0.4, -0.2) is 29.9 Å². The summed E-state index contributed by atoms with van der Waals surface area (Å²) >= 11 is 0. The van der Waals surface area contributed by atoms with E-state index >= 15 is 0 Å². The van der Waals surface area contributed by atoms with Crippen LogP contribution in [0.25, 0.3) is 0 Å². The average Bonchev–Trinajstić information content (AvgIpc) is 2.29. The first-order valence-corrected chi connectivity index (χ1v) is 5.93. The van der Waals surface area contributed by atoms with Crippen LogP contribution in [0, 0.1) is 5.82 Å². The van der Waals surface area contributed by atoms with E-state index in [-0.39, 0.29) is 11.7 Å². The van der Waals surface area contributed by atoms with Crippen molar-refractivity contribution in [2.24, 2.45) is 0 Å². The second-order valence-electron chi connectivity index (χ2n) is 4.44. The average molecular weight is 236 g/mol. The molecule has 1 aromatic carbocycles. The molecule has 0 bridgehead atoms. The smallest absolute Gasteiger partial charge is 0.219 e. The Bertz CT molecular complexity index is 400. The van der Waals surface area contributed by atoms with E-state index in [1.807, 2.05) is 11.0 Å². The number of likely N-dealkylation sites (tertiary alicyclic amines) is 1. The number of nitrogens with zero attached hydrogens (tertiary/aromatic N) is 1. The first-order chi connectivity index (χ1) is 8.15. The lowest BCUT2D eigenvalue weighted by atomic mass is 10.0. The van der Waals surface area contributed by atoms with Crippen molar-refractivity contribution in [2.45, 2.75) is 25.8 Å². The van der Waals surface area contributed by atoms with Crippen molar-refractivity contribution >= 4 is 11.6 Å². The molecule has 1 heterocycles. The van der Waals surface area contributed by atoms with Crippen molar-refractivity contribution in [1.29, 1.82) is 0 Å². The number of carbonyl (C=O) groups is 1. The number of piperidine rings is 1. The number of rotatable bonds is 2. The molecule has 3 nitrogen and oxygen atoms in total. The molecule has 1 amide bonds. The van der Waals surface area contributed by atoms with Crippen LogP contribution in [0.15, 0.2) is 24.3 Å². The fraction of sp³-hybridized carbons (Fsp3) is 0.462. The number of carbonyl (C=O) groups excluding carboxylic acids is 1. The highest BCUT2D eigenvalue weighted by Gasteiger charge is 2.20. The minimum atomic E-state index is -0.226. The van der Waals surface area contributed by atoms with Gasteiger partial charge in [0.2, 0.25) is 5.91 Å². The van der Waals surface area contributed by atoms with E-state index in [1.165, 1.54) is 12.1 Å². The van der Waals surface area contributed by atoms with Crippen molar-refractivity contribution in [1.82, 2.24) is 4.90 Å². The maximum atomic E-state index is 13.0. The molecule has 1 aliphatic heterocycles. The summed E-state index contributed by atoms with van der Waals surface area (Å²) in [5.41, 5.74) is 0.811. The Hall–Kier alpha value is -1.58. The molecular weight excluding hydrogens is 219 g/mol. The summed E-state index contributed by atoms with van der Waals surface area (Å²) in [5, 5.41) is 3.30. The SMILES string of the molecule is CC(=O)N1CCC(Nc2cccc(F)c2)CC1. The molecule has 1 fully saturated rings. The monoisotopic (exact) mass is 236 g/mol. The quantitative estimate of drug-likeness (QED) is 0.854. The number of anilines is 1. The summed E-state index contributed by atoms with van der Waals surface area (Å²) in [6.07, 6.45) is 1.83. The number of hydrogen-bond donors (Lipinski definition) is 1. The fourth-order valence-electron chi connectivity index (χ4n) is 2.15. The molecule has 17 heavy (non-hydrogen) atoms. The molecule has 2 rings (SSSR count). The molecule has 0 radical (unpaired) electrons. The van der Waals surface area contributed by atoms with E-state index in [0.717, 1.165) is 31.6 Å². The van der Waals surface area contributed by atoms with Gasteiger partial charge in [-0.05, 0) is 31.0 Å². The largest absolute Gasteiger partial charge is 0.382 e. The van der Waals surface area contributed by atoms with E-state index < -0.39 is 0 Å². The van der Waals surface area contributed by atoms with Crippen LogP contribution in [0.4, 0.5) is 10.1 Å². The number of amides is 1. The molecule has 0 saturated carbocycles. The zero-order chi connectivity index (χ0) is 12.3. The highest BCUT2D eigenvalue weighted by Crippen LogP contribution is 2.17. The summed E-state index contributed by atoms with van der Waals surface area (Å²) in [4.78, 5) is 13.0. The van der Waals surface area contributed by atoms with Crippen LogP contribution < -0.4 is 5.32 Å². The summed E-state index contributed by atoms with van der Waals surface area (Å²) in [5.74, 6) is -0.0922. The Labute approximate surface area is 101 Å². The van der Waals surface area contributed by atoms with Crippen molar-refractivity contribution in [3.63, 3.8) is 0 Å². The van der Waals surface area contributed by atoms with Gasteiger partial charge in [0.1, 0.15) is 5.82 Å². The minimum absolute atomic E-state index is 0.134. The molecule has 92 valence electrons. The first kappa shape index (κ1) is 11.9. The van der Waals surface area contributed by atoms with Gasteiger partial charge in [-0.3, -0.25) is 4.79 Å². The highest BCUT2D eigenvalue weighted by atomic mass is 19.1. The predicted molar refractivity (Wildman–Crippen MR) is 65.3 cm³/mol. The van der Waals surface area contributed by atoms with Gasteiger partial charge in [0.05, 0.1) is 0 Å². The van der Waals surface area contributed by atoms with Crippen molar-refractivity contribution in [3.05, 3.63) is 30.1 Å². The van der Waals surface area contributed by atoms with Crippen LogP contribution in [0.5, 0.6) is 0 Å². The molecule has 4 heteroatoms. The Morgan fingerprint density at radius 2 is 2.12 bits per heavy atom. The molecule has 0 unspecified atom stereocenters. The predicted octanol–water partition coefficient (Wildman–Crippen LogP) is 2.25. The van der Waals surface area contributed by atoms with Gasteiger partial charge >= 0.3 is 0 Å². The Morgan fingerprint density at radius 3 is 2.71 bits per heavy atom. The van der Waals surface area contributed by atoms with E-state index in [2.05, 4.69) is 5.32 Å². The van der Waals surface area contributed by atoms with E-state index in [9.17, 15) is 9.18 Å². The number of nitrogens with one attached hydrogen (secondary N) is 1. The van der Waals surface area contributed by atoms with Gasteiger partial charge in [-0.2, -0.15) is 0 Å². The number of benzene rings is 1. The normalized spacial score (nSPS) is 16.9. The van der Waals surface area contributed by atoms with Gasteiger partial charge in [0, 0.05) is 31.7 Å². The molecule has 0 aliphatic carbocycles. The number of halogens is 1. The second-order valence-corrected chi connectivity index (χ2v) is 4.44. The summed E-state index contributed by atoms with van der Waals surface area (Å²) in [7, 11) is 0. The maximum Gasteiger partial charge on any atom is 0.219 e. The summed E-state index contributed by atoms with van der Waals surface area (Å²) in [6.45, 7) is 3.16. The van der Waals surface area contributed by atoms with Gasteiger partial charge in [0.25, 0.3) is 0 Å². The van der Waals surface area contributed by atoms with Crippen LogP contribution in [-0.2, 0) is 4.79 Å². The third-order valence-electron chi connectivity index (χ3n) is 3.14. The third kappa shape index (κ3) is 3.19. The molecule has 1 saturated heterocycles. The van der Waals surface area contributed by atoms with Crippen molar-refractivity contribution in [2.75, 3.05) is 18.4 Å². The van der Waals surface area contributed by atoms with Crippen molar-refractivity contribution < 1.29 is 9.18 Å². The molecule has 0 aromatic heterocycles. The van der Waals surface area contributed by atoms with E-state index in [1.54, 1.807) is 13.0 Å².